The lowest BCUT2D eigenvalue weighted by molar-refractivity contribution is 0.374. The fourth-order valence-corrected chi connectivity index (χ4v) is 2.39. The molecule has 2 heteroatoms. The second kappa shape index (κ2) is 7.44. The molecule has 1 aromatic heterocycles. The van der Waals surface area contributed by atoms with Crippen LogP contribution in [0.15, 0.2) is 18.3 Å². The predicted octanol–water partition coefficient (Wildman–Crippen LogP) is 3.87. The standard InChI is InChI=1S/C15H26N2/c1-5-13(6-2)11-15(16-7-3)14-9-8-10-17-12(14)4/h8-10,13,15-16H,5-7,11H2,1-4H3. The minimum Gasteiger partial charge on any atom is -0.310 e. The first-order valence-corrected chi connectivity index (χ1v) is 6.87. The van der Waals surface area contributed by atoms with Gasteiger partial charge in [0, 0.05) is 17.9 Å². The summed E-state index contributed by atoms with van der Waals surface area (Å²) in [5, 5.41) is 3.60. The number of rotatable bonds is 7. The number of aryl methyl sites for hydroxylation is 1. The Balaban J connectivity index is 2.81. The van der Waals surface area contributed by atoms with E-state index >= 15 is 0 Å². The van der Waals surface area contributed by atoms with Crippen LogP contribution >= 0.6 is 0 Å². The summed E-state index contributed by atoms with van der Waals surface area (Å²) >= 11 is 0. The van der Waals surface area contributed by atoms with E-state index in [9.17, 15) is 0 Å². The van der Waals surface area contributed by atoms with E-state index in [4.69, 9.17) is 0 Å². The molecule has 17 heavy (non-hydrogen) atoms. The zero-order valence-corrected chi connectivity index (χ0v) is 11.7. The molecule has 0 spiro atoms. The van der Waals surface area contributed by atoms with Crippen molar-refractivity contribution in [3.8, 4) is 0 Å². The molecule has 0 aliphatic rings. The Labute approximate surface area is 106 Å². The van der Waals surface area contributed by atoms with Crippen molar-refractivity contribution in [2.24, 2.45) is 5.92 Å². The molecule has 1 rings (SSSR count). The average Bonchev–Trinajstić information content (AvgIpc) is 2.35. The topological polar surface area (TPSA) is 24.9 Å². The number of pyridine rings is 1. The first-order valence-electron chi connectivity index (χ1n) is 6.87. The zero-order valence-electron chi connectivity index (χ0n) is 11.7. The zero-order chi connectivity index (χ0) is 12.7. The molecule has 0 aliphatic heterocycles. The van der Waals surface area contributed by atoms with Crippen LogP contribution in [0.3, 0.4) is 0 Å². The number of nitrogens with one attached hydrogen (secondary N) is 1. The Kier molecular flexibility index (Phi) is 6.20. The van der Waals surface area contributed by atoms with E-state index in [1.165, 1.54) is 24.8 Å². The minimum atomic E-state index is 0.457. The van der Waals surface area contributed by atoms with Gasteiger partial charge >= 0.3 is 0 Å². The van der Waals surface area contributed by atoms with Crippen molar-refractivity contribution in [2.75, 3.05) is 6.54 Å². The fourth-order valence-electron chi connectivity index (χ4n) is 2.39. The highest BCUT2D eigenvalue weighted by Gasteiger charge is 2.17. The van der Waals surface area contributed by atoms with Crippen molar-refractivity contribution < 1.29 is 0 Å². The molecule has 2 nitrogen and oxygen atoms in total. The summed E-state index contributed by atoms with van der Waals surface area (Å²) in [6, 6.07) is 4.70. The third-order valence-corrected chi connectivity index (χ3v) is 3.60. The molecule has 0 saturated carbocycles. The molecule has 0 radical (unpaired) electrons. The molecule has 1 atom stereocenters. The third kappa shape index (κ3) is 4.12. The van der Waals surface area contributed by atoms with Crippen LogP contribution in [0.25, 0.3) is 0 Å². The third-order valence-electron chi connectivity index (χ3n) is 3.60. The maximum atomic E-state index is 4.40. The minimum absolute atomic E-state index is 0.457. The van der Waals surface area contributed by atoms with E-state index in [0.717, 1.165) is 18.2 Å². The summed E-state index contributed by atoms with van der Waals surface area (Å²) in [5.41, 5.74) is 2.52. The van der Waals surface area contributed by atoms with Crippen molar-refractivity contribution in [3.05, 3.63) is 29.6 Å². The highest BCUT2D eigenvalue weighted by Crippen LogP contribution is 2.26. The molecule has 1 aromatic rings. The fraction of sp³-hybridized carbons (Fsp3) is 0.667. The molecule has 1 unspecified atom stereocenters. The smallest absolute Gasteiger partial charge is 0.0420 e. The molecule has 96 valence electrons. The van der Waals surface area contributed by atoms with Crippen molar-refractivity contribution in [1.82, 2.24) is 10.3 Å². The summed E-state index contributed by atoms with van der Waals surface area (Å²) in [6.45, 7) is 9.86. The predicted molar refractivity (Wildman–Crippen MR) is 74.1 cm³/mol. The van der Waals surface area contributed by atoms with E-state index in [2.05, 4.69) is 44.1 Å². The van der Waals surface area contributed by atoms with Crippen molar-refractivity contribution >= 4 is 0 Å². The van der Waals surface area contributed by atoms with Crippen LogP contribution in [0.4, 0.5) is 0 Å². The van der Waals surface area contributed by atoms with Crippen molar-refractivity contribution in [3.63, 3.8) is 0 Å². The highest BCUT2D eigenvalue weighted by molar-refractivity contribution is 5.22. The summed E-state index contributed by atoms with van der Waals surface area (Å²) in [4.78, 5) is 4.40. The number of nitrogens with zero attached hydrogens (tertiary/aromatic N) is 1. The summed E-state index contributed by atoms with van der Waals surface area (Å²) in [7, 11) is 0. The van der Waals surface area contributed by atoms with Crippen LogP contribution < -0.4 is 5.32 Å². The van der Waals surface area contributed by atoms with Gasteiger partial charge in [0.2, 0.25) is 0 Å². The summed E-state index contributed by atoms with van der Waals surface area (Å²) in [5.74, 6) is 0.804. The van der Waals surface area contributed by atoms with Crippen LogP contribution in [0.1, 0.15) is 57.3 Å². The van der Waals surface area contributed by atoms with Gasteiger partial charge in [0.05, 0.1) is 0 Å². The first-order chi connectivity index (χ1) is 8.22. The van der Waals surface area contributed by atoms with Crippen LogP contribution in [0, 0.1) is 12.8 Å². The van der Waals surface area contributed by atoms with Gasteiger partial charge in [-0.1, -0.05) is 39.7 Å². The Hall–Kier alpha value is -0.890. The average molecular weight is 234 g/mol. The van der Waals surface area contributed by atoms with Crippen LogP contribution in [0.2, 0.25) is 0 Å². The maximum absolute atomic E-state index is 4.40. The second-order valence-corrected chi connectivity index (χ2v) is 4.71. The Morgan fingerprint density at radius 1 is 1.24 bits per heavy atom. The monoisotopic (exact) mass is 234 g/mol. The van der Waals surface area contributed by atoms with Gasteiger partial charge in [0.1, 0.15) is 0 Å². The molecule has 0 aromatic carbocycles. The van der Waals surface area contributed by atoms with E-state index < -0.39 is 0 Å². The molecular formula is C15H26N2. The van der Waals surface area contributed by atoms with E-state index in [0.29, 0.717) is 6.04 Å². The van der Waals surface area contributed by atoms with Crippen molar-refractivity contribution in [2.45, 2.75) is 53.0 Å². The molecule has 1 N–H and O–H groups in total. The van der Waals surface area contributed by atoms with E-state index in [1.807, 2.05) is 12.3 Å². The normalized spacial score (nSPS) is 13.0. The Morgan fingerprint density at radius 3 is 2.47 bits per heavy atom. The quantitative estimate of drug-likeness (QED) is 0.774. The molecular weight excluding hydrogens is 208 g/mol. The van der Waals surface area contributed by atoms with Gasteiger partial charge in [0.25, 0.3) is 0 Å². The summed E-state index contributed by atoms with van der Waals surface area (Å²) in [6.07, 6.45) is 5.61. The van der Waals surface area contributed by atoms with E-state index in [1.54, 1.807) is 0 Å². The van der Waals surface area contributed by atoms with Gasteiger partial charge in [0.15, 0.2) is 0 Å². The lowest BCUT2D eigenvalue weighted by Crippen LogP contribution is -2.24. The van der Waals surface area contributed by atoms with Gasteiger partial charge < -0.3 is 5.32 Å². The van der Waals surface area contributed by atoms with Gasteiger partial charge in [-0.3, -0.25) is 4.98 Å². The molecule has 1 heterocycles. The van der Waals surface area contributed by atoms with Crippen molar-refractivity contribution in [1.29, 1.82) is 0 Å². The van der Waals surface area contributed by atoms with Crippen LogP contribution in [-0.4, -0.2) is 11.5 Å². The molecule has 0 amide bonds. The first kappa shape index (κ1) is 14.2. The molecule has 0 aliphatic carbocycles. The van der Waals surface area contributed by atoms with Crippen LogP contribution in [0.5, 0.6) is 0 Å². The molecule has 0 saturated heterocycles. The van der Waals surface area contributed by atoms with Gasteiger partial charge in [-0.2, -0.15) is 0 Å². The largest absolute Gasteiger partial charge is 0.310 e. The Morgan fingerprint density at radius 2 is 1.94 bits per heavy atom. The number of hydrogen-bond donors (Lipinski definition) is 1. The maximum Gasteiger partial charge on any atom is 0.0420 e. The van der Waals surface area contributed by atoms with E-state index in [-0.39, 0.29) is 0 Å². The summed E-state index contributed by atoms with van der Waals surface area (Å²) < 4.78 is 0. The van der Waals surface area contributed by atoms with Crippen LogP contribution in [-0.2, 0) is 0 Å². The van der Waals surface area contributed by atoms with Gasteiger partial charge in [-0.05, 0) is 37.4 Å². The van der Waals surface area contributed by atoms with Gasteiger partial charge in [-0.15, -0.1) is 0 Å². The lowest BCUT2D eigenvalue weighted by Gasteiger charge is -2.24. The number of aromatic nitrogens is 1. The molecule has 0 fully saturated rings. The second-order valence-electron chi connectivity index (χ2n) is 4.71. The van der Waals surface area contributed by atoms with Gasteiger partial charge in [-0.25, -0.2) is 0 Å². The molecule has 0 bridgehead atoms. The lowest BCUT2D eigenvalue weighted by atomic mass is 9.90. The Bertz CT molecular complexity index is 318. The SMILES string of the molecule is CCNC(CC(CC)CC)c1cccnc1C. The number of hydrogen-bond acceptors (Lipinski definition) is 2. The highest BCUT2D eigenvalue weighted by atomic mass is 14.9.